The number of imide groups is 2. The predicted octanol–water partition coefficient (Wildman–Crippen LogP) is 0.693. The number of hydrogen-bond donors (Lipinski definition) is 3. The quantitative estimate of drug-likeness (QED) is 0.628. The Morgan fingerprint density at radius 1 is 1.03 bits per heavy atom. The average molecular weight is 410 g/mol. The summed E-state index contributed by atoms with van der Waals surface area (Å²) >= 11 is 0. The van der Waals surface area contributed by atoms with E-state index in [0.717, 1.165) is 23.3 Å². The lowest BCUT2D eigenvalue weighted by Crippen LogP contribution is -2.54. The van der Waals surface area contributed by atoms with Gasteiger partial charge in [0.2, 0.25) is 11.8 Å². The highest BCUT2D eigenvalue weighted by Gasteiger charge is 2.46. The van der Waals surface area contributed by atoms with Gasteiger partial charge in [-0.2, -0.15) is 0 Å². The molecule has 2 aliphatic heterocycles. The molecule has 30 heavy (non-hydrogen) atoms. The first-order valence-electron chi connectivity index (χ1n) is 10.8. The van der Waals surface area contributed by atoms with Crippen LogP contribution in [0.4, 0.5) is 0 Å². The van der Waals surface area contributed by atoms with Crippen molar-refractivity contribution >= 4 is 23.6 Å². The SMILES string of the molecule is N[C@@H]1C[C@H]2CC[C@@H]1C[C@H]2NCc1cccc2c1C(=O)N(C1CCC(=O)NC1=O)C2=O. The molecule has 5 aliphatic rings. The van der Waals surface area contributed by atoms with Crippen LogP contribution in [0.15, 0.2) is 18.2 Å². The normalized spacial score (nSPS) is 33.1. The summed E-state index contributed by atoms with van der Waals surface area (Å²) in [6.07, 6.45) is 4.74. The summed E-state index contributed by atoms with van der Waals surface area (Å²) in [5.41, 5.74) is 7.71. The zero-order valence-corrected chi connectivity index (χ0v) is 16.7. The summed E-state index contributed by atoms with van der Waals surface area (Å²) in [5.74, 6) is -0.767. The topological polar surface area (TPSA) is 122 Å². The minimum Gasteiger partial charge on any atom is -0.327 e. The van der Waals surface area contributed by atoms with Gasteiger partial charge in [0.15, 0.2) is 0 Å². The summed E-state index contributed by atoms with van der Waals surface area (Å²) in [4.78, 5) is 50.8. The second kappa shape index (κ2) is 7.28. The number of benzene rings is 1. The van der Waals surface area contributed by atoms with Crippen LogP contribution < -0.4 is 16.4 Å². The third-order valence-corrected chi connectivity index (χ3v) is 7.32. The van der Waals surface area contributed by atoms with Crippen LogP contribution in [0.1, 0.15) is 64.8 Å². The van der Waals surface area contributed by atoms with E-state index >= 15 is 0 Å². The molecule has 158 valence electrons. The molecule has 6 rings (SSSR count). The number of nitrogens with zero attached hydrogens (tertiary/aromatic N) is 1. The van der Waals surface area contributed by atoms with Crippen LogP contribution in [0.2, 0.25) is 0 Å². The molecular weight excluding hydrogens is 384 g/mol. The van der Waals surface area contributed by atoms with Gasteiger partial charge < -0.3 is 11.1 Å². The van der Waals surface area contributed by atoms with Crippen molar-refractivity contribution in [3.8, 4) is 0 Å². The van der Waals surface area contributed by atoms with Gasteiger partial charge in [-0.1, -0.05) is 12.1 Å². The maximum absolute atomic E-state index is 13.2. The molecule has 4 N–H and O–H groups in total. The molecule has 3 aliphatic carbocycles. The lowest BCUT2D eigenvalue weighted by atomic mass is 9.65. The Balaban J connectivity index is 1.35. The van der Waals surface area contributed by atoms with Crippen LogP contribution in [0.5, 0.6) is 0 Å². The summed E-state index contributed by atoms with van der Waals surface area (Å²) in [7, 11) is 0. The van der Waals surface area contributed by atoms with Crippen molar-refractivity contribution in [2.45, 2.75) is 63.2 Å². The molecule has 5 atom stereocenters. The number of carbonyl (C=O) groups is 4. The predicted molar refractivity (Wildman–Crippen MR) is 107 cm³/mol. The van der Waals surface area contributed by atoms with E-state index in [4.69, 9.17) is 5.73 Å². The van der Waals surface area contributed by atoms with E-state index in [1.807, 2.05) is 6.07 Å². The summed E-state index contributed by atoms with van der Waals surface area (Å²) in [6.45, 7) is 0.495. The standard InChI is InChI=1S/C22H26N4O4/c23-15-8-12-5-4-11(15)9-16(12)24-10-13-2-1-3-14-19(13)22(30)26(21(14)29)17-6-7-18(27)25-20(17)28/h1-3,11-12,15-17,24H,4-10,23H2,(H,25,27,28)/t11-,12-,15-,16-,17?/m1/s1. The Morgan fingerprint density at radius 2 is 1.83 bits per heavy atom. The van der Waals surface area contributed by atoms with E-state index in [0.29, 0.717) is 41.6 Å². The van der Waals surface area contributed by atoms with E-state index in [9.17, 15) is 19.2 Å². The molecule has 2 heterocycles. The molecule has 8 heteroatoms. The fraction of sp³-hybridized carbons (Fsp3) is 0.545. The highest BCUT2D eigenvalue weighted by Crippen LogP contribution is 2.41. The highest BCUT2D eigenvalue weighted by molar-refractivity contribution is 6.24. The van der Waals surface area contributed by atoms with E-state index in [1.54, 1.807) is 12.1 Å². The molecule has 1 aromatic carbocycles. The third kappa shape index (κ3) is 3.06. The van der Waals surface area contributed by atoms with Crippen molar-refractivity contribution < 1.29 is 19.2 Å². The zero-order valence-electron chi connectivity index (χ0n) is 16.7. The van der Waals surface area contributed by atoms with Crippen LogP contribution in [0, 0.1) is 11.8 Å². The van der Waals surface area contributed by atoms with Crippen LogP contribution in [-0.2, 0) is 16.1 Å². The Kier molecular flexibility index (Phi) is 4.71. The number of piperidine rings is 1. The van der Waals surface area contributed by atoms with E-state index in [-0.39, 0.29) is 18.7 Å². The van der Waals surface area contributed by atoms with Crippen molar-refractivity contribution in [3.63, 3.8) is 0 Å². The van der Waals surface area contributed by atoms with Crippen LogP contribution >= 0.6 is 0 Å². The highest BCUT2D eigenvalue weighted by atomic mass is 16.2. The van der Waals surface area contributed by atoms with Crippen molar-refractivity contribution in [2.24, 2.45) is 17.6 Å². The summed E-state index contributed by atoms with van der Waals surface area (Å²) in [6, 6.07) is 5.00. The first-order valence-corrected chi connectivity index (χ1v) is 10.8. The summed E-state index contributed by atoms with van der Waals surface area (Å²) < 4.78 is 0. The van der Waals surface area contributed by atoms with Gasteiger partial charge in [-0.3, -0.25) is 29.4 Å². The maximum atomic E-state index is 13.2. The van der Waals surface area contributed by atoms with Crippen molar-refractivity contribution in [2.75, 3.05) is 0 Å². The van der Waals surface area contributed by atoms with Crippen LogP contribution in [0.3, 0.4) is 0 Å². The molecule has 1 saturated heterocycles. The van der Waals surface area contributed by atoms with Crippen LogP contribution in [0.25, 0.3) is 0 Å². The maximum Gasteiger partial charge on any atom is 0.262 e. The lowest BCUT2D eigenvalue weighted by Gasteiger charge is -2.46. The van der Waals surface area contributed by atoms with E-state index < -0.39 is 23.8 Å². The molecule has 3 saturated carbocycles. The number of amides is 4. The monoisotopic (exact) mass is 410 g/mol. The van der Waals surface area contributed by atoms with Gasteiger partial charge in [-0.05, 0) is 55.6 Å². The van der Waals surface area contributed by atoms with Gasteiger partial charge >= 0.3 is 0 Å². The molecule has 4 fully saturated rings. The molecule has 2 bridgehead atoms. The Hall–Kier alpha value is -2.58. The van der Waals surface area contributed by atoms with Gasteiger partial charge in [0, 0.05) is 25.0 Å². The van der Waals surface area contributed by atoms with Gasteiger partial charge in [0.05, 0.1) is 11.1 Å². The van der Waals surface area contributed by atoms with Crippen LogP contribution in [-0.4, -0.2) is 46.7 Å². The second-order valence-corrected chi connectivity index (χ2v) is 9.01. The lowest BCUT2D eigenvalue weighted by molar-refractivity contribution is -0.136. The molecule has 1 unspecified atom stereocenters. The van der Waals surface area contributed by atoms with Gasteiger partial charge in [0.1, 0.15) is 6.04 Å². The largest absolute Gasteiger partial charge is 0.327 e. The third-order valence-electron chi connectivity index (χ3n) is 7.32. The van der Waals surface area contributed by atoms with Gasteiger partial charge in [-0.15, -0.1) is 0 Å². The Morgan fingerprint density at radius 3 is 2.53 bits per heavy atom. The molecule has 0 spiro atoms. The van der Waals surface area contributed by atoms with Crippen molar-refractivity contribution in [1.29, 1.82) is 0 Å². The number of nitrogens with two attached hydrogens (primary N) is 1. The number of nitrogens with one attached hydrogen (secondary N) is 2. The molecule has 0 aromatic heterocycles. The van der Waals surface area contributed by atoms with Crippen molar-refractivity contribution in [3.05, 3.63) is 34.9 Å². The molecule has 4 amide bonds. The van der Waals surface area contributed by atoms with Gasteiger partial charge in [-0.25, -0.2) is 0 Å². The minimum absolute atomic E-state index is 0.116. The number of rotatable bonds is 4. The Bertz CT molecular complexity index is 945. The molecular formula is C22H26N4O4. The number of fused-ring (bicyclic) bond motifs is 4. The fourth-order valence-electron chi connectivity index (χ4n) is 5.70. The first kappa shape index (κ1) is 19.4. The van der Waals surface area contributed by atoms with E-state index in [2.05, 4.69) is 10.6 Å². The number of carbonyl (C=O) groups excluding carboxylic acids is 4. The zero-order chi connectivity index (χ0) is 21.0. The summed E-state index contributed by atoms with van der Waals surface area (Å²) in [5, 5.41) is 5.83. The average Bonchev–Trinajstić information content (AvgIpc) is 2.98. The van der Waals surface area contributed by atoms with Gasteiger partial charge in [0.25, 0.3) is 11.8 Å². The fourth-order valence-corrected chi connectivity index (χ4v) is 5.70. The Labute approximate surface area is 174 Å². The van der Waals surface area contributed by atoms with Crippen molar-refractivity contribution in [1.82, 2.24) is 15.5 Å². The molecule has 8 nitrogen and oxygen atoms in total. The molecule has 1 aromatic rings. The number of hydrogen-bond acceptors (Lipinski definition) is 6. The first-order chi connectivity index (χ1) is 14.4. The minimum atomic E-state index is -0.938. The van der Waals surface area contributed by atoms with E-state index in [1.165, 1.54) is 12.8 Å². The smallest absolute Gasteiger partial charge is 0.262 e. The second-order valence-electron chi connectivity index (χ2n) is 9.01. The molecule has 0 radical (unpaired) electrons.